The van der Waals surface area contributed by atoms with Crippen molar-refractivity contribution in [3.8, 4) is 0 Å². The largest absolute Gasteiger partial charge is 0.347 e. The number of amides is 6. The van der Waals surface area contributed by atoms with Crippen LogP contribution in [-0.4, -0.2) is 83.6 Å². The lowest BCUT2D eigenvalue weighted by molar-refractivity contribution is -0.120. The van der Waals surface area contributed by atoms with E-state index in [1.165, 1.54) is 54.6 Å². The number of carbonyl (C=O) groups is 9. The van der Waals surface area contributed by atoms with E-state index in [0.29, 0.717) is 95.8 Å². The Labute approximate surface area is 516 Å². The van der Waals surface area contributed by atoms with Gasteiger partial charge in [-0.2, -0.15) is 0 Å². The fraction of sp³-hybridized carbons (Fsp3) is 0.426. The summed E-state index contributed by atoms with van der Waals surface area (Å²) in [4.78, 5) is 115. The molecule has 6 heterocycles. The lowest BCUT2D eigenvalue weighted by atomic mass is 9.75. The Morgan fingerprint density at radius 1 is 0.494 bits per heavy atom. The number of aromatic nitrogens is 3. The molecule has 3 aromatic carbocycles. The van der Waals surface area contributed by atoms with Crippen molar-refractivity contribution in [1.29, 1.82) is 0 Å². The molecule has 0 saturated heterocycles. The molecule has 0 unspecified atom stereocenters. The van der Waals surface area contributed by atoms with Crippen molar-refractivity contribution in [2.75, 3.05) is 16.0 Å². The standard InChI is InChI=1S/C24H28FN3O3.C23H28FN3O3.C21H24FN3O3/c1-3-24(10-6-11-24)27-23(31)21(29)20-14-17(19-7-4-5-12-28(19)20)22(30)26-16-8-9-18(25)15(2)13-16;1-5-23(3,4)26-22(30)20(28)19-13-16(18-8-6-7-11-27(18)19)21(29)25-15-9-10-17(24)14(2)12-15;1-12(2)23-21(28)19(26)18-11-15(17-6-4-5-9-25(17)18)20(27)24-14-7-8-16(22)13(3)10-14/h8-9,13-14H,3-7,10-12H2,1-2H3,(H,26,30)(H,27,31);9-10,12-13H,5-8,11H2,1-4H3,(H,25,29)(H,26,30);7-8,10-12H,4-6,9H2,1-3H3,(H,23,28)(H,24,27). The first-order chi connectivity index (χ1) is 42.2. The molecule has 1 saturated carbocycles. The highest BCUT2D eigenvalue weighted by molar-refractivity contribution is 6.44. The van der Waals surface area contributed by atoms with E-state index in [2.05, 4.69) is 31.9 Å². The molecule has 89 heavy (non-hydrogen) atoms. The van der Waals surface area contributed by atoms with Gasteiger partial charge in [-0.25, -0.2) is 13.2 Å². The van der Waals surface area contributed by atoms with E-state index in [1.54, 1.807) is 62.0 Å². The van der Waals surface area contributed by atoms with Crippen molar-refractivity contribution in [2.24, 2.45) is 0 Å². The second kappa shape index (κ2) is 28.1. The minimum Gasteiger partial charge on any atom is -0.347 e. The lowest BCUT2D eigenvalue weighted by Gasteiger charge is -2.41. The summed E-state index contributed by atoms with van der Waals surface area (Å²) in [7, 11) is 0. The second-order valence-corrected chi connectivity index (χ2v) is 24.5. The smallest absolute Gasteiger partial charge is 0.294 e. The van der Waals surface area contributed by atoms with Gasteiger partial charge in [-0.3, -0.25) is 43.2 Å². The van der Waals surface area contributed by atoms with E-state index >= 15 is 0 Å². The van der Waals surface area contributed by atoms with Crippen LogP contribution in [0.2, 0.25) is 0 Å². The fourth-order valence-electron chi connectivity index (χ4n) is 11.5. The Hall–Kier alpha value is -8.88. The maximum Gasteiger partial charge on any atom is 0.294 e. The molecule has 21 heteroatoms. The summed E-state index contributed by atoms with van der Waals surface area (Å²) in [5.41, 5.74) is 6.11. The van der Waals surface area contributed by atoms with Crippen molar-refractivity contribution < 1.29 is 56.3 Å². The van der Waals surface area contributed by atoms with Crippen molar-refractivity contribution in [3.05, 3.63) is 158 Å². The van der Waals surface area contributed by atoms with Crippen molar-refractivity contribution in [2.45, 2.75) is 189 Å². The fourth-order valence-corrected chi connectivity index (χ4v) is 11.5. The number of aryl methyl sites for hydroxylation is 3. The molecule has 6 N–H and O–H groups in total. The van der Waals surface area contributed by atoms with E-state index in [-0.39, 0.29) is 63.8 Å². The van der Waals surface area contributed by atoms with Crippen LogP contribution >= 0.6 is 0 Å². The number of carbonyl (C=O) groups excluding carboxylic acids is 9. The van der Waals surface area contributed by atoms with Crippen molar-refractivity contribution in [1.82, 2.24) is 29.7 Å². The predicted octanol–water partition coefficient (Wildman–Crippen LogP) is 11.4. The minimum atomic E-state index is -0.679. The minimum absolute atomic E-state index is 0.156. The number of nitrogens with one attached hydrogen (secondary N) is 6. The van der Waals surface area contributed by atoms with Crippen molar-refractivity contribution >= 4 is 69.9 Å². The summed E-state index contributed by atoms with van der Waals surface area (Å²) in [6.45, 7) is 17.9. The average Bonchev–Trinajstić information content (AvgIpc) is 3.48. The molecule has 6 aromatic rings. The number of anilines is 3. The number of Topliss-reactive ketones (excluding diaryl/α,β-unsaturated/α-hetero) is 3. The molecule has 472 valence electrons. The zero-order chi connectivity index (χ0) is 64.6. The molecular formula is C68H80F3N9O9. The van der Waals surface area contributed by atoms with E-state index in [0.717, 1.165) is 81.3 Å². The molecule has 3 aliphatic heterocycles. The summed E-state index contributed by atoms with van der Waals surface area (Å²) in [5, 5.41) is 16.6. The number of halogens is 3. The Bertz CT molecular complexity index is 3770. The average molecular weight is 1220 g/mol. The van der Waals surface area contributed by atoms with E-state index in [1.807, 2.05) is 32.3 Å². The highest BCUT2D eigenvalue weighted by Crippen LogP contribution is 2.35. The number of ketones is 3. The van der Waals surface area contributed by atoms with Gasteiger partial charge in [0.1, 0.15) is 17.5 Å². The monoisotopic (exact) mass is 1220 g/mol. The Morgan fingerprint density at radius 3 is 1.15 bits per heavy atom. The zero-order valence-electron chi connectivity index (χ0n) is 52.2. The van der Waals surface area contributed by atoms with Crippen molar-refractivity contribution in [3.63, 3.8) is 0 Å². The molecule has 10 rings (SSSR count). The van der Waals surface area contributed by atoms with Crippen LogP contribution in [0.1, 0.15) is 208 Å². The molecule has 0 bridgehead atoms. The van der Waals surface area contributed by atoms with Crippen LogP contribution in [-0.2, 0) is 53.3 Å². The Balaban J connectivity index is 0.000000173. The number of hydrogen-bond donors (Lipinski definition) is 6. The third-order valence-corrected chi connectivity index (χ3v) is 17.2. The molecule has 0 radical (unpaired) electrons. The summed E-state index contributed by atoms with van der Waals surface area (Å²) >= 11 is 0. The molecule has 0 atom stereocenters. The Kier molecular flexibility index (Phi) is 20.9. The van der Waals surface area contributed by atoms with Gasteiger partial charge >= 0.3 is 0 Å². The molecule has 4 aliphatic rings. The number of rotatable bonds is 17. The van der Waals surface area contributed by atoms with Crippen LogP contribution in [0.5, 0.6) is 0 Å². The first kappa shape index (κ1) is 66.1. The molecular weight excluding hydrogens is 1140 g/mol. The van der Waals surface area contributed by atoms with E-state index < -0.39 is 40.6 Å². The summed E-state index contributed by atoms with van der Waals surface area (Å²) < 4.78 is 45.9. The van der Waals surface area contributed by atoms with Gasteiger partial charge in [-0.15, -0.1) is 0 Å². The van der Waals surface area contributed by atoms with Gasteiger partial charge in [0.15, 0.2) is 0 Å². The first-order valence-electron chi connectivity index (χ1n) is 30.7. The number of nitrogens with zero attached hydrogens (tertiary/aromatic N) is 3. The summed E-state index contributed by atoms with van der Waals surface area (Å²) in [6, 6.07) is 17.5. The van der Waals surface area contributed by atoms with Crippen LogP contribution in [0, 0.1) is 38.2 Å². The van der Waals surface area contributed by atoms with Crippen LogP contribution in [0.3, 0.4) is 0 Å². The Morgan fingerprint density at radius 2 is 0.843 bits per heavy atom. The lowest BCUT2D eigenvalue weighted by Crippen LogP contribution is -2.54. The molecule has 18 nitrogen and oxygen atoms in total. The van der Waals surface area contributed by atoms with Gasteiger partial charge in [0, 0.05) is 70.9 Å². The van der Waals surface area contributed by atoms with Gasteiger partial charge in [0.05, 0.1) is 33.8 Å². The highest BCUT2D eigenvalue weighted by atomic mass is 19.1. The SMILES string of the molecule is CCC(C)(C)NC(=O)C(=O)c1cc(C(=O)Nc2ccc(F)c(C)c2)c2n1CCCC2.CCC1(NC(=O)C(=O)c2cc(C(=O)Nc3ccc(F)c(C)c3)c3n2CCCC3)CCC1.Cc1cc(NC(=O)c2cc(C(=O)C(=O)NC(C)C)n3c2CCCC3)ccc1F. The van der Waals surface area contributed by atoms with E-state index in [4.69, 9.17) is 0 Å². The number of benzene rings is 3. The number of hydrogen-bond acceptors (Lipinski definition) is 9. The molecule has 1 fully saturated rings. The summed E-state index contributed by atoms with van der Waals surface area (Å²) in [6.07, 6.45) is 11.7. The van der Waals surface area contributed by atoms with E-state index in [9.17, 15) is 56.3 Å². The third-order valence-electron chi connectivity index (χ3n) is 17.2. The number of fused-ring (bicyclic) bond motifs is 3. The predicted molar refractivity (Wildman–Crippen MR) is 333 cm³/mol. The molecule has 1 aliphatic carbocycles. The van der Waals surface area contributed by atoms with Crippen LogP contribution in [0.15, 0.2) is 72.8 Å². The normalized spacial score (nSPS) is 14.5. The second-order valence-electron chi connectivity index (χ2n) is 24.5. The van der Waals surface area contributed by atoms with Crippen LogP contribution in [0.25, 0.3) is 0 Å². The molecule has 3 aromatic heterocycles. The van der Waals surface area contributed by atoms with Gasteiger partial charge in [0.25, 0.3) is 52.8 Å². The molecule has 6 amide bonds. The topological polar surface area (TPSA) is 241 Å². The molecule has 0 spiro atoms. The van der Waals surface area contributed by atoms with Gasteiger partial charge < -0.3 is 45.6 Å². The van der Waals surface area contributed by atoms with Gasteiger partial charge in [-0.1, -0.05) is 13.8 Å². The quantitative estimate of drug-likeness (QED) is 0.0375. The third kappa shape index (κ3) is 15.3. The van der Waals surface area contributed by atoms with Gasteiger partial charge in [0.2, 0.25) is 0 Å². The maximum atomic E-state index is 13.5. The van der Waals surface area contributed by atoms with Crippen LogP contribution < -0.4 is 31.9 Å². The summed E-state index contributed by atoms with van der Waals surface area (Å²) in [5.74, 6) is -5.98. The zero-order valence-corrected chi connectivity index (χ0v) is 52.2. The van der Waals surface area contributed by atoms with Crippen LogP contribution in [0.4, 0.5) is 30.2 Å². The van der Waals surface area contributed by atoms with Gasteiger partial charge in [-0.05, 0) is 228 Å². The first-order valence-corrected chi connectivity index (χ1v) is 30.7. The highest BCUT2D eigenvalue weighted by Gasteiger charge is 2.39. The maximum absolute atomic E-state index is 13.5.